The summed E-state index contributed by atoms with van der Waals surface area (Å²) in [6.45, 7) is 0. The molecule has 3 fully saturated rings. The first-order chi connectivity index (χ1) is 7.43. The van der Waals surface area contributed by atoms with E-state index in [1.807, 2.05) is 0 Å². The molecule has 3 aliphatic rings. The Morgan fingerprint density at radius 1 is 0.667 bits per heavy atom. The monoisotopic (exact) mass is 204 g/mol. The van der Waals surface area contributed by atoms with Gasteiger partial charge in [-0.3, -0.25) is 0 Å². The van der Waals surface area contributed by atoms with Crippen molar-refractivity contribution in [1.82, 2.24) is 0 Å². The zero-order valence-corrected chi connectivity index (χ0v) is 10.1. The Bertz CT molecular complexity index is 203. The molecule has 2 bridgehead atoms. The van der Waals surface area contributed by atoms with E-state index >= 15 is 0 Å². The average molecular weight is 204 g/mol. The van der Waals surface area contributed by atoms with Crippen LogP contribution in [0.5, 0.6) is 0 Å². The van der Waals surface area contributed by atoms with Crippen LogP contribution in [0.3, 0.4) is 0 Å². The van der Waals surface area contributed by atoms with Gasteiger partial charge < -0.3 is 0 Å². The van der Waals surface area contributed by atoms with Crippen LogP contribution in [-0.2, 0) is 0 Å². The molecule has 1 heteroatoms. The molecule has 0 amide bonds. The van der Waals surface area contributed by atoms with Crippen LogP contribution >= 0.6 is 0 Å². The highest BCUT2D eigenvalue weighted by molar-refractivity contribution is 6.40. The predicted molar refractivity (Wildman–Crippen MR) is 67.8 cm³/mol. The summed E-state index contributed by atoms with van der Waals surface area (Å²) in [6.07, 6.45) is 15.6. The standard InChI is InChI=1S/C14H25B/c1-2-5-11(6-3-1)13-10-9-12-7-4-8-14(13)15-12/h11-15H,1-10H2. The summed E-state index contributed by atoms with van der Waals surface area (Å²) >= 11 is 0. The molecule has 0 spiro atoms. The van der Waals surface area contributed by atoms with Crippen LogP contribution in [0.2, 0.25) is 11.6 Å². The van der Waals surface area contributed by atoms with Crippen LogP contribution < -0.4 is 0 Å². The van der Waals surface area contributed by atoms with Crippen molar-refractivity contribution in [2.45, 2.75) is 75.8 Å². The van der Waals surface area contributed by atoms with Gasteiger partial charge in [-0.15, -0.1) is 0 Å². The maximum Gasteiger partial charge on any atom is 0.127 e. The summed E-state index contributed by atoms with van der Waals surface area (Å²) in [7, 11) is 1.61. The molecule has 1 saturated carbocycles. The van der Waals surface area contributed by atoms with Crippen molar-refractivity contribution in [3.63, 3.8) is 0 Å². The Labute approximate surface area is 95.5 Å². The zero-order chi connectivity index (χ0) is 10.1. The minimum Gasteiger partial charge on any atom is -0.0654 e. The second-order valence-electron chi connectivity index (χ2n) is 6.43. The quantitative estimate of drug-likeness (QED) is 0.562. The van der Waals surface area contributed by atoms with E-state index in [1.54, 1.807) is 52.2 Å². The number of hydrogen-bond donors (Lipinski definition) is 0. The first kappa shape index (κ1) is 10.2. The lowest BCUT2D eigenvalue weighted by atomic mass is 9.40. The molecule has 0 aromatic heterocycles. The van der Waals surface area contributed by atoms with E-state index in [-0.39, 0.29) is 0 Å². The summed E-state index contributed by atoms with van der Waals surface area (Å²) in [5.41, 5.74) is 0. The van der Waals surface area contributed by atoms with Gasteiger partial charge in [0.05, 0.1) is 0 Å². The number of hydrogen-bond acceptors (Lipinski definition) is 0. The highest BCUT2D eigenvalue weighted by Crippen LogP contribution is 2.50. The molecule has 1 aliphatic carbocycles. The molecule has 0 nitrogen and oxygen atoms in total. The molecule has 2 aliphatic heterocycles. The van der Waals surface area contributed by atoms with Crippen molar-refractivity contribution in [2.75, 3.05) is 0 Å². The van der Waals surface area contributed by atoms with Gasteiger partial charge in [0.25, 0.3) is 0 Å². The van der Waals surface area contributed by atoms with Gasteiger partial charge in [-0.1, -0.05) is 75.8 Å². The highest BCUT2D eigenvalue weighted by Gasteiger charge is 2.38. The first-order valence-electron chi connectivity index (χ1n) is 7.43. The van der Waals surface area contributed by atoms with Crippen LogP contribution in [0, 0.1) is 11.8 Å². The normalized spacial score (nSPS) is 42.3. The maximum absolute atomic E-state index is 1.61. The Balaban J connectivity index is 1.64. The molecule has 3 atom stereocenters. The lowest BCUT2D eigenvalue weighted by Crippen LogP contribution is -2.34. The second kappa shape index (κ2) is 4.51. The minimum absolute atomic E-state index is 1.14. The zero-order valence-electron chi connectivity index (χ0n) is 10.1. The van der Waals surface area contributed by atoms with Gasteiger partial charge in [0.2, 0.25) is 0 Å². The Kier molecular flexibility index (Phi) is 3.08. The molecule has 15 heavy (non-hydrogen) atoms. The SMILES string of the molecule is B1C2CCCC1C(C1CCCCC1)CC2. The smallest absolute Gasteiger partial charge is 0.0654 e. The summed E-state index contributed by atoms with van der Waals surface area (Å²) in [4.78, 5) is 0. The molecule has 0 N–H and O–H groups in total. The Hall–Kier alpha value is 0.0649. The van der Waals surface area contributed by atoms with Gasteiger partial charge in [0, 0.05) is 0 Å². The van der Waals surface area contributed by atoms with E-state index in [0.717, 1.165) is 23.5 Å². The topological polar surface area (TPSA) is 0 Å². The maximum atomic E-state index is 1.61. The molecule has 0 aromatic carbocycles. The van der Waals surface area contributed by atoms with E-state index in [0.29, 0.717) is 0 Å². The summed E-state index contributed by atoms with van der Waals surface area (Å²) < 4.78 is 0. The molecule has 0 radical (unpaired) electrons. The lowest BCUT2D eigenvalue weighted by molar-refractivity contribution is 0.194. The molecule has 3 rings (SSSR count). The fraction of sp³-hybridized carbons (Fsp3) is 1.00. The van der Waals surface area contributed by atoms with Gasteiger partial charge in [0.1, 0.15) is 7.28 Å². The van der Waals surface area contributed by atoms with Crippen molar-refractivity contribution in [2.24, 2.45) is 11.8 Å². The fourth-order valence-electron chi connectivity index (χ4n) is 4.83. The van der Waals surface area contributed by atoms with E-state index in [9.17, 15) is 0 Å². The van der Waals surface area contributed by atoms with Crippen LogP contribution in [0.1, 0.15) is 64.2 Å². The highest BCUT2D eigenvalue weighted by atomic mass is 14.4. The van der Waals surface area contributed by atoms with Crippen LogP contribution in [-0.4, -0.2) is 7.28 Å². The van der Waals surface area contributed by atoms with Crippen molar-refractivity contribution in [3.8, 4) is 0 Å². The third-order valence-electron chi connectivity index (χ3n) is 5.59. The third kappa shape index (κ3) is 2.12. The van der Waals surface area contributed by atoms with Gasteiger partial charge in [-0.05, 0) is 11.8 Å². The van der Waals surface area contributed by atoms with Crippen LogP contribution in [0.25, 0.3) is 0 Å². The summed E-state index contributed by atoms with van der Waals surface area (Å²) in [5.74, 6) is 4.59. The van der Waals surface area contributed by atoms with E-state index in [2.05, 4.69) is 0 Å². The summed E-state index contributed by atoms with van der Waals surface area (Å²) in [6, 6.07) is 0. The minimum atomic E-state index is 1.14. The van der Waals surface area contributed by atoms with Crippen molar-refractivity contribution in [3.05, 3.63) is 0 Å². The molecule has 2 saturated heterocycles. The van der Waals surface area contributed by atoms with Gasteiger partial charge in [0.15, 0.2) is 0 Å². The van der Waals surface area contributed by atoms with Crippen molar-refractivity contribution < 1.29 is 0 Å². The first-order valence-corrected chi connectivity index (χ1v) is 7.43. The second-order valence-corrected chi connectivity index (χ2v) is 6.43. The molecular formula is C14H25B. The van der Waals surface area contributed by atoms with E-state index in [1.165, 1.54) is 19.3 Å². The molecular weight excluding hydrogens is 179 g/mol. The molecule has 2 heterocycles. The Morgan fingerprint density at radius 3 is 2.40 bits per heavy atom. The fourth-order valence-corrected chi connectivity index (χ4v) is 4.83. The van der Waals surface area contributed by atoms with Gasteiger partial charge in [-0.25, -0.2) is 0 Å². The van der Waals surface area contributed by atoms with Crippen LogP contribution in [0.15, 0.2) is 0 Å². The molecule has 3 unspecified atom stereocenters. The third-order valence-corrected chi connectivity index (χ3v) is 5.59. The number of fused-ring (bicyclic) bond motifs is 2. The van der Waals surface area contributed by atoms with E-state index < -0.39 is 0 Å². The van der Waals surface area contributed by atoms with Gasteiger partial charge >= 0.3 is 0 Å². The van der Waals surface area contributed by atoms with Crippen molar-refractivity contribution >= 4 is 7.28 Å². The van der Waals surface area contributed by atoms with Crippen molar-refractivity contribution in [1.29, 1.82) is 0 Å². The largest absolute Gasteiger partial charge is 0.127 e. The molecule has 0 aromatic rings. The van der Waals surface area contributed by atoms with Crippen LogP contribution in [0.4, 0.5) is 0 Å². The molecule has 84 valence electrons. The van der Waals surface area contributed by atoms with Gasteiger partial charge in [-0.2, -0.15) is 0 Å². The van der Waals surface area contributed by atoms with E-state index in [4.69, 9.17) is 0 Å². The Morgan fingerprint density at radius 2 is 1.53 bits per heavy atom. The number of rotatable bonds is 1. The average Bonchev–Trinajstić information content (AvgIpc) is 2.31. The lowest BCUT2D eigenvalue weighted by Gasteiger charge is -2.44. The summed E-state index contributed by atoms with van der Waals surface area (Å²) in [5, 5.41) is 0. The predicted octanol–water partition coefficient (Wildman–Crippen LogP) is 4.17.